The number of ether oxygens (including phenoxy) is 1. The van der Waals surface area contributed by atoms with E-state index in [9.17, 15) is 9.59 Å². The van der Waals surface area contributed by atoms with E-state index in [2.05, 4.69) is 0 Å². The van der Waals surface area contributed by atoms with Crippen LogP contribution in [0.2, 0.25) is 0 Å². The molecule has 0 aliphatic carbocycles. The van der Waals surface area contributed by atoms with Crippen molar-refractivity contribution in [2.45, 2.75) is 32.9 Å². The summed E-state index contributed by atoms with van der Waals surface area (Å²) >= 11 is 0. The monoisotopic (exact) mass is 201 g/mol. The summed E-state index contributed by atoms with van der Waals surface area (Å²) in [5.41, 5.74) is -0.372. The number of hydrogen-bond donors (Lipinski definition) is 1. The Morgan fingerprint density at radius 3 is 2.29 bits per heavy atom. The molecule has 0 aromatic heterocycles. The third-order valence-electron chi connectivity index (χ3n) is 2.33. The molecule has 2 atom stereocenters. The van der Waals surface area contributed by atoms with Crippen LogP contribution in [0.5, 0.6) is 0 Å². The molecule has 1 rings (SSSR count). The molecule has 5 nitrogen and oxygen atoms in total. The van der Waals surface area contributed by atoms with Crippen LogP contribution >= 0.6 is 0 Å². The predicted molar refractivity (Wildman–Crippen MR) is 48.9 cm³/mol. The molecule has 2 unspecified atom stereocenters. The lowest BCUT2D eigenvalue weighted by atomic mass is 9.85. The molecule has 0 saturated carbocycles. The molecule has 80 valence electrons. The second kappa shape index (κ2) is 3.15. The Morgan fingerprint density at radius 2 is 2.00 bits per heavy atom. The standard InChI is InChI=1S/C9H15NO4/c1-9(2,3)6-5(7(11)12)10(4)8(13)14-6/h5-6H,1-4H3,(H,11,12). The number of carbonyl (C=O) groups is 2. The molecule has 5 heteroatoms. The van der Waals surface area contributed by atoms with Crippen LogP contribution in [0.15, 0.2) is 0 Å². The van der Waals surface area contributed by atoms with Gasteiger partial charge in [-0.1, -0.05) is 20.8 Å². The maximum absolute atomic E-state index is 11.2. The molecule has 1 amide bonds. The van der Waals surface area contributed by atoms with E-state index in [4.69, 9.17) is 9.84 Å². The predicted octanol–water partition coefficient (Wildman–Crippen LogP) is 0.936. The van der Waals surface area contributed by atoms with Crippen LogP contribution in [0.1, 0.15) is 20.8 Å². The zero-order chi connectivity index (χ0) is 11.1. The number of rotatable bonds is 1. The molecule has 1 aliphatic heterocycles. The van der Waals surface area contributed by atoms with Crippen molar-refractivity contribution in [2.75, 3.05) is 7.05 Å². The minimum Gasteiger partial charge on any atom is -0.480 e. The van der Waals surface area contributed by atoms with Crippen molar-refractivity contribution < 1.29 is 19.4 Å². The van der Waals surface area contributed by atoms with Gasteiger partial charge in [-0.05, 0) is 0 Å². The number of carboxylic acid groups (broad SMARTS) is 1. The minimum atomic E-state index is -1.03. The summed E-state index contributed by atoms with van der Waals surface area (Å²) in [6.07, 6.45) is -1.17. The van der Waals surface area contributed by atoms with Gasteiger partial charge in [-0.3, -0.25) is 4.90 Å². The number of likely N-dealkylation sites (N-methyl/N-ethyl adjacent to an activating group) is 1. The van der Waals surface area contributed by atoms with E-state index in [0.717, 1.165) is 4.90 Å². The van der Waals surface area contributed by atoms with Crippen LogP contribution in [0.25, 0.3) is 0 Å². The van der Waals surface area contributed by atoms with Gasteiger partial charge in [0.05, 0.1) is 0 Å². The Morgan fingerprint density at radius 1 is 1.50 bits per heavy atom. The van der Waals surface area contributed by atoms with E-state index >= 15 is 0 Å². The molecule has 1 saturated heterocycles. The van der Waals surface area contributed by atoms with Crippen LogP contribution < -0.4 is 0 Å². The van der Waals surface area contributed by atoms with Gasteiger partial charge in [0.15, 0.2) is 6.04 Å². The summed E-state index contributed by atoms with van der Waals surface area (Å²) in [7, 11) is 1.44. The zero-order valence-electron chi connectivity index (χ0n) is 8.77. The van der Waals surface area contributed by atoms with Crippen molar-refractivity contribution in [1.82, 2.24) is 4.90 Å². The summed E-state index contributed by atoms with van der Waals surface area (Å²) in [5, 5.41) is 8.96. The van der Waals surface area contributed by atoms with Crippen LogP contribution in [0, 0.1) is 5.41 Å². The van der Waals surface area contributed by atoms with Gasteiger partial charge < -0.3 is 9.84 Å². The summed E-state index contributed by atoms with van der Waals surface area (Å²) in [4.78, 5) is 23.3. The first-order chi connectivity index (χ1) is 6.25. The maximum atomic E-state index is 11.2. The molecule has 0 spiro atoms. The fraction of sp³-hybridized carbons (Fsp3) is 0.778. The van der Waals surface area contributed by atoms with Gasteiger partial charge in [-0.25, -0.2) is 9.59 Å². The Kier molecular flexibility index (Phi) is 2.43. The Labute approximate surface area is 82.6 Å². The molecule has 1 N–H and O–H groups in total. The van der Waals surface area contributed by atoms with Gasteiger partial charge in [-0.2, -0.15) is 0 Å². The van der Waals surface area contributed by atoms with Crippen molar-refractivity contribution in [3.8, 4) is 0 Å². The van der Waals surface area contributed by atoms with Crippen molar-refractivity contribution in [1.29, 1.82) is 0 Å². The molecule has 14 heavy (non-hydrogen) atoms. The fourth-order valence-corrected chi connectivity index (χ4v) is 1.52. The van der Waals surface area contributed by atoms with Crippen molar-refractivity contribution >= 4 is 12.1 Å². The SMILES string of the molecule is CN1C(=O)OC(C(C)(C)C)C1C(=O)O. The van der Waals surface area contributed by atoms with E-state index in [1.807, 2.05) is 20.8 Å². The number of cyclic esters (lactones) is 1. The summed E-state index contributed by atoms with van der Waals surface area (Å²) in [6.45, 7) is 5.54. The molecule has 1 fully saturated rings. The summed E-state index contributed by atoms with van der Waals surface area (Å²) in [5.74, 6) is -1.03. The molecular weight excluding hydrogens is 186 g/mol. The normalized spacial score (nSPS) is 27.7. The molecule has 0 aromatic rings. The quantitative estimate of drug-likeness (QED) is 0.685. The lowest BCUT2D eigenvalue weighted by Gasteiger charge is -2.28. The lowest BCUT2D eigenvalue weighted by Crippen LogP contribution is -2.45. The largest absolute Gasteiger partial charge is 0.480 e. The van der Waals surface area contributed by atoms with Crippen LogP contribution in [-0.2, 0) is 9.53 Å². The van der Waals surface area contributed by atoms with E-state index in [1.165, 1.54) is 7.05 Å². The van der Waals surface area contributed by atoms with Gasteiger partial charge in [0, 0.05) is 12.5 Å². The highest BCUT2D eigenvalue weighted by atomic mass is 16.6. The van der Waals surface area contributed by atoms with Crippen LogP contribution in [0.3, 0.4) is 0 Å². The van der Waals surface area contributed by atoms with Gasteiger partial charge in [0.2, 0.25) is 0 Å². The fourth-order valence-electron chi connectivity index (χ4n) is 1.52. The number of nitrogens with zero attached hydrogens (tertiary/aromatic N) is 1. The number of carbonyl (C=O) groups excluding carboxylic acids is 1. The highest BCUT2D eigenvalue weighted by molar-refractivity contribution is 5.83. The third-order valence-corrected chi connectivity index (χ3v) is 2.33. The Hall–Kier alpha value is -1.26. The summed E-state index contributed by atoms with van der Waals surface area (Å²) < 4.78 is 5.02. The second-order valence-electron chi connectivity index (χ2n) is 4.56. The van der Waals surface area contributed by atoms with E-state index < -0.39 is 24.2 Å². The second-order valence-corrected chi connectivity index (χ2v) is 4.56. The molecule has 0 radical (unpaired) electrons. The third kappa shape index (κ3) is 1.66. The van der Waals surface area contributed by atoms with Gasteiger partial charge in [0.1, 0.15) is 6.10 Å². The summed E-state index contributed by atoms with van der Waals surface area (Å²) in [6, 6.07) is -0.887. The highest BCUT2D eigenvalue weighted by Gasteiger charge is 2.49. The Balaban J connectivity index is 2.97. The van der Waals surface area contributed by atoms with Crippen molar-refractivity contribution in [3.63, 3.8) is 0 Å². The number of carboxylic acids is 1. The van der Waals surface area contributed by atoms with Crippen molar-refractivity contribution in [2.24, 2.45) is 5.41 Å². The average Bonchev–Trinajstić information content (AvgIpc) is 2.27. The van der Waals surface area contributed by atoms with Gasteiger partial charge >= 0.3 is 12.1 Å². The number of hydrogen-bond acceptors (Lipinski definition) is 3. The maximum Gasteiger partial charge on any atom is 0.410 e. The van der Waals surface area contributed by atoms with Crippen LogP contribution in [-0.4, -0.2) is 41.3 Å². The molecule has 1 heterocycles. The van der Waals surface area contributed by atoms with Gasteiger partial charge in [0.25, 0.3) is 0 Å². The first kappa shape index (κ1) is 10.8. The first-order valence-electron chi connectivity index (χ1n) is 4.41. The van der Waals surface area contributed by atoms with Gasteiger partial charge in [-0.15, -0.1) is 0 Å². The molecule has 1 aliphatic rings. The smallest absolute Gasteiger partial charge is 0.410 e. The number of aliphatic carboxylic acids is 1. The van der Waals surface area contributed by atoms with Crippen LogP contribution in [0.4, 0.5) is 4.79 Å². The molecule has 0 aromatic carbocycles. The average molecular weight is 201 g/mol. The highest BCUT2D eigenvalue weighted by Crippen LogP contribution is 2.32. The Bertz CT molecular complexity index is 268. The topological polar surface area (TPSA) is 66.8 Å². The minimum absolute atomic E-state index is 0.372. The zero-order valence-corrected chi connectivity index (χ0v) is 8.77. The van der Waals surface area contributed by atoms with E-state index in [-0.39, 0.29) is 5.41 Å². The van der Waals surface area contributed by atoms with Crippen molar-refractivity contribution in [3.05, 3.63) is 0 Å². The lowest BCUT2D eigenvalue weighted by molar-refractivity contribution is -0.144. The molecular formula is C9H15NO4. The number of amides is 1. The molecule has 0 bridgehead atoms. The van der Waals surface area contributed by atoms with E-state index in [0.29, 0.717) is 0 Å². The first-order valence-corrected chi connectivity index (χ1v) is 4.41. The van der Waals surface area contributed by atoms with E-state index in [1.54, 1.807) is 0 Å².